The number of rotatable bonds is 2. The Kier molecular flexibility index (Phi) is 3.15. The number of hydrogen-bond acceptors (Lipinski definition) is 4. The van der Waals surface area contributed by atoms with Gasteiger partial charge in [0.2, 0.25) is 0 Å². The van der Waals surface area contributed by atoms with Crippen molar-refractivity contribution < 1.29 is 13.5 Å². The van der Waals surface area contributed by atoms with Crippen molar-refractivity contribution >= 4 is 0 Å². The molecule has 0 aliphatic carbocycles. The highest BCUT2D eigenvalue weighted by Crippen LogP contribution is 2.23. The normalized spacial score (nSPS) is 9.89. The molecule has 0 fully saturated rings. The SMILES string of the molecule is Cc1cc(C#N)nc(Oc2cc(F)ccc2F)n1. The molecule has 0 aliphatic heterocycles. The Morgan fingerprint density at radius 2 is 2.00 bits per heavy atom. The lowest BCUT2D eigenvalue weighted by Gasteiger charge is -2.05. The van der Waals surface area contributed by atoms with Crippen molar-refractivity contribution in [3.8, 4) is 17.8 Å². The van der Waals surface area contributed by atoms with Gasteiger partial charge in [-0.15, -0.1) is 0 Å². The molecule has 0 unspecified atom stereocenters. The summed E-state index contributed by atoms with van der Waals surface area (Å²) in [5.74, 6) is -1.70. The van der Waals surface area contributed by atoms with Crippen molar-refractivity contribution in [3.05, 3.63) is 47.3 Å². The van der Waals surface area contributed by atoms with Crippen molar-refractivity contribution in [1.29, 1.82) is 5.26 Å². The van der Waals surface area contributed by atoms with Crippen LogP contribution in [0.15, 0.2) is 24.3 Å². The molecule has 0 amide bonds. The van der Waals surface area contributed by atoms with Crippen molar-refractivity contribution in [2.24, 2.45) is 0 Å². The zero-order valence-electron chi connectivity index (χ0n) is 9.32. The van der Waals surface area contributed by atoms with E-state index in [0.29, 0.717) is 5.69 Å². The Hall–Kier alpha value is -2.55. The highest BCUT2D eigenvalue weighted by Gasteiger charge is 2.09. The minimum Gasteiger partial charge on any atom is -0.421 e. The van der Waals surface area contributed by atoms with Gasteiger partial charge in [-0.1, -0.05) is 0 Å². The molecular weight excluding hydrogens is 240 g/mol. The molecule has 0 spiro atoms. The van der Waals surface area contributed by atoms with E-state index in [-0.39, 0.29) is 17.5 Å². The standard InChI is InChI=1S/C12H7F2N3O/c1-7-4-9(6-15)17-12(16-7)18-11-5-8(13)2-3-10(11)14/h2-5H,1H3. The molecule has 1 aromatic heterocycles. The quantitative estimate of drug-likeness (QED) is 0.818. The molecule has 0 atom stereocenters. The fourth-order valence-electron chi connectivity index (χ4n) is 1.30. The van der Waals surface area contributed by atoms with Gasteiger partial charge in [0.15, 0.2) is 11.6 Å². The second-order valence-corrected chi connectivity index (χ2v) is 3.47. The average Bonchev–Trinajstić information content (AvgIpc) is 2.33. The fourth-order valence-corrected chi connectivity index (χ4v) is 1.30. The van der Waals surface area contributed by atoms with E-state index in [0.717, 1.165) is 18.2 Å². The van der Waals surface area contributed by atoms with Gasteiger partial charge >= 0.3 is 6.01 Å². The molecule has 0 radical (unpaired) electrons. The number of ether oxygens (including phenoxy) is 1. The van der Waals surface area contributed by atoms with E-state index in [9.17, 15) is 8.78 Å². The maximum Gasteiger partial charge on any atom is 0.323 e. The third kappa shape index (κ3) is 2.58. The van der Waals surface area contributed by atoms with Crippen LogP contribution in [0.3, 0.4) is 0 Å². The molecule has 0 saturated heterocycles. The molecule has 1 heterocycles. The first kappa shape index (κ1) is 11.9. The topological polar surface area (TPSA) is 58.8 Å². The van der Waals surface area contributed by atoms with Gasteiger partial charge in [0.1, 0.15) is 17.6 Å². The molecule has 18 heavy (non-hydrogen) atoms. The second-order valence-electron chi connectivity index (χ2n) is 3.47. The van der Waals surface area contributed by atoms with Gasteiger partial charge in [0.05, 0.1) is 0 Å². The Morgan fingerprint density at radius 3 is 2.72 bits per heavy atom. The maximum absolute atomic E-state index is 13.3. The second kappa shape index (κ2) is 4.75. The van der Waals surface area contributed by atoms with Crippen molar-refractivity contribution in [2.75, 3.05) is 0 Å². The Bertz CT molecular complexity index is 638. The molecule has 0 saturated carbocycles. The first-order valence-corrected chi connectivity index (χ1v) is 4.97. The predicted octanol–water partition coefficient (Wildman–Crippen LogP) is 2.73. The molecule has 0 aliphatic rings. The smallest absolute Gasteiger partial charge is 0.323 e. The molecule has 4 nitrogen and oxygen atoms in total. The van der Waals surface area contributed by atoms with Crippen LogP contribution in [0.1, 0.15) is 11.4 Å². The monoisotopic (exact) mass is 247 g/mol. The van der Waals surface area contributed by atoms with E-state index in [1.807, 2.05) is 6.07 Å². The molecule has 2 rings (SSSR count). The zero-order valence-corrected chi connectivity index (χ0v) is 9.32. The molecule has 1 aromatic carbocycles. The van der Waals surface area contributed by atoms with Crippen LogP contribution < -0.4 is 4.74 Å². The molecule has 6 heteroatoms. The lowest BCUT2D eigenvalue weighted by Crippen LogP contribution is -1.98. The highest BCUT2D eigenvalue weighted by atomic mass is 19.1. The number of aromatic nitrogens is 2. The Morgan fingerprint density at radius 1 is 1.22 bits per heavy atom. The zero-order chi connectivity index (χ0) is 13.1. The van der Waals surface area contributed by atoms with Gasteiger partial charge in [-0.25, -0.2) is 13.8 Å². The first-order chi connectivity index (χ1) is 8.58. The summed E-state index contributed by atoms with van der Waals surface area (Å²) < 4.78 is 31.3. The fraction of sp³-hybridized carbons (Fsp3) is 0.0833. The van der Waals surface area contributed by atoms with Gasteiger partial charge in [-0.3, -0.25) is 0 Å². The van der Waals surface area contributed by atoms with Crippen LogP contribution in [0.25, 0.3) is 0 Å². The Balaban J connectivity index is 2.37. The summed E-state index contributed by atoms with van der Waals surface area (Å²) in [4.78, 5) is 7.61. The van der Waals surface area contributed by atoms with Crippen LogP contribution in [0.2, 0.25) is 0 Å². The number of hydrogen-bond donors (Lipinski definition) is 0. The molecular formula is C12H7F2N3O. The van der Waals surface area contributed by atoms with Crippen LogP contribution >= 0.6 is 0 Å². The van der Waals surface area contributed by atoms with E-state index >= 15 is 0 Å². The van der Waals surface area contributed by atoms with Crippen molar-refractivity contribution in [3.63, 3.8) is 0 Å². The van der Waals surface area contributed by atoms with Gasteiger partial charge in [0.25, 0.3) is 0 Å². The summed E-state index contributed by atoms with van der Waals surface area (Å²) in [7, 11) is 0. The van der Waals surface area contributed by atoms with E-state index in [2.05, 4.69) is 9.97 Å². The molecule has 0 N–H and O–H groups in total. The summed E-state index contributed by atoms with van der Waals surface area (Å²) in [5.41, 5.74) is 0.586. The number of benzene rings is 1. The number of nitrogens with zero attached hydrogens (tertiary/aromatic N) is 3. The third-order valence-electron chi connectivity index (χ3n) is 2.04. The van der Waals surface area contributed by atoms with Crippen molar-refractivity contribution in [1.82, 2.24) is 9.97 Å². The predicted molar refractivity (Wildman–Crippen MR) is 57.9 cm³/mol. The summed E-state index contributed by atoms with van der Waals surface area (Å²) >= 11 is 0. The van der Waals surface area contributed by atoms with Crippen molar-refractivity contribution in [2.45, 2.75) is 6.92 Å². The average molecular weight is 247 g/mol. The minimum atomic E-state index is -0.736. The summed E-state index contributed by atoms with van der Waals surface area (Å²) in [5, 5.41) is 8.72. The molecule has 0 bridgehead atoms. The minimum absolute atomic E-state index is 0.0920. The van der Waals surface area contributed by atoms with E-state index in [1.54, 1.807) is 6.92 Å². The summed E-state index contributed by atoms with van der Waals surface area (Å²) in [6, 6.07) is 5.87. The number of aryl methyl sites for hydroxylation is 1. The van der Waals surface area contributed by atoms with Gasteiger partial charge < -0.3 is 4.74 Å². The van der Waals surface area contributed by atoms with E-state index in [1.165, 1.54) is 6.07 Å². The lowest BCUT2D eigenvalue weighted by molar-refractivity contribution is 0.405. The lowest BCUT2D eigenvalue weighted by atomic mass is 10.3. The van der Waals surface area contributed by atoms with E-state index in [4.69, 9.17) is 10.00 Å². The van der Waals surface area contributed by atoms with Gasteiger partial charge in [-0.2, -0.15) is 10.2 Å². The van der Waals surface area contributed by atoms with Crippen LogP contribution in [-0.2, 0) is 0 Å². The van der Waals surface area contributed by atoms with Crippen LogP contribution in [0.4, 0.5) is 8.78 Å². The van der Waals surface area contributed by atoms with Crippen LogP contribution in [0, 0.1) is 29.9 Å². The van der Waals surface area contributed by atoms with E-state index < -0.39 is 11.6 Å². The number of halogens is 2. The molecule has 2 aromatic rings. The summed E-state index contributed by atoms with van der Waals surface area (Å²) in [6.45, 7) is 1.64. The van der Waals surface area contributed by atoms with Crippen LogP contribution in [-0.4, -0.2) is 9.97 Å². The van der Waals surface area contributed by atoms with Gasteiger partial charge in [-0.05, 0) is 25.1 Å². The van der Waals surface area contributed by atoms with Gasteiger partial charge in [0, 0.05) is 11.8 Å². The largest absolute Gasteiger partial charge is 0.421 e. The number of nitriles is 1. The van der Waals surface area contributed by atoms with Crippen LogP contribution in [0.5, 0.6) is 11.8 Å². The maximum atomic E-state index is 13.3. The Labute approximate surface area is 101 Å². The first-order valence-electron chi connectivity index (χ1n) is 4.97. The highest BCUT2D eigenvalue weighted by molar-refractivity contribution is 5.29. The third-order valence-corrected chi connectivity index (χ3v) is 2.04. The summed E-state index contributed by atoms with van der Waals surface area (Å²) in [6.07, 6.45) is 0. The molecule has 90 valence electrons.